The molecule has 0 radical (unpaired) electrons. The first-order chi connectivity index (χ1) is 7.64. The van der Waals surface area contributed by atoms with E-state index in [0.717, 1.165) is 17.9 Å². The standard InChI is InChI=1S/C12H17ClS3/c1-4-9-14-16(15-10-5-2)11-7-8-12(16,13)6-3/h4-7,11H,1-3,8-10H2. The summed E-state index contributed by atoms with van der Waals surface area (Å²) >= 11 is 6.70. The van der Waals surface area contributed by atoms with Crippen LogP contribution in [0.25, 0.3) is 0 Å². The number of hydrogen-bond donors (Lipinski definition) is 0. The SMILES string of the molecule is C=CCSS1(SCC=C)C=CCC1(Cl)C=C. The molecule has 0 amide bonds. The molecule has 0 spiro atoms. The highest BCUT2D eigenvalue weighted by atomic mass is 35.5. The van der Waals surface area contributed by atoms with Gasteiger partial charge >= 0.3 is 0 Å². The van der Waals surface area contributed by atoms with Crippen molar-refractivity contribution in [2.45, 2.75) is 10.6 Å². The minimum absolute atomic E-state index is 0.311. The van der Waals surface area contributed by atoms with E-state index in [4.69, 9.17) is 11.6 Å². The highest BCUT2D eigenvalue weighted by molar-refractivity contribution is 9.26. The first-order valence-corrected chi connectivity index (χ1v) is 10.0. The lowest BCUT2D eigenvalue weighted by Gasteiger charge is -2.42. The quantitative estimate of drug-likeness (QED) is 0.345. The van der Waals surface area contributed by atoms with E-state index in [1.807, 2.05) is 39.8 Å². The lowest BCUT2D eigenvalue weighted by atomic mass is 10.3. The topological polar surface area (TPSA) is 0 Å². The van der Waals surface area contributed by atoms with Crippen molar-refractivity contribution in [3.05, 3.63) is 49.4 Å². The smallest absolute Gasteiger partial charge is 0.102 e. The van der Waals surface area contributed by atoms with Crippen LogP contribution in [0.1, 0.15) is 6.42 Å². The Hall–Kier alpha value is 0.300. The Morgan fingerprint density at radius 1 is 1.25 bits per heavy atom. The maximum atomic E-state index is 6.70. The molecule has 0 saturated heterocycles. The van der Waals surface area contributed by atoms with E-state index >= 15 is 0 Å². The molecule has 1 rings (SSSR count). The van der Waals surface area contributed by atoms with Gasteiger partial charge in [0.05, 0.1) is 0 Å². The van der Waals surface area contributed by atoms with E-state index in [0.29, 0.717) is 0 Å². The number of rotatable bonds is 7. The van der Waals surface area contributed by atoms with Crippen LogP contribution in [0.3, 0.4) is 0 Å². The summed E-state index contributed by atoms with van der Waals surface area (Å²) in [5.74, 6) is 1.85. The molecule has 0 fully saturated rings. The second-order valence-corrected chi connectivity index (χ2v) is 12.6. The van der Waals surface area contributed by atoms with Crippen LogP contribution < -0.4 is 0 Å². The van der Waals surface area contributed by atoms with Gasteiger partial charge in [0.15, 0.2) is 0 Å². The lowest BCUT2D eigenvalue weighted by Crippen LogP contribution is -2.17. The van der Waals surface area contributed by atoms with Crippen molar-refractivity contribution in [1.29, 1.82) is 0 Å². The third-order valence-electron chi connectivity index (χ3n) is 2.17. The number of halogens is 1. The summed E-state index contributed by atoms with van der Waals surface area (Å²) in [6, 6.07) is 0. The zero-order valence-electron chi connectivity index (χ0n) is 9.23. The predicted molar refractivity (Wildman–Crippen MR) is 85.4 cm³/mol. The maximum absolute atomic E-state index is 6.70. The van der Waals surface area contributed by atoms with Crippen molar-refractivity contribution in [1.82, 2.24) is 0 Å². The second kappa shape index (κ2) is 6.29. The molecule has 0 saturated carbocycles. The third-order valence-corrected chi connectivity index (χ3v) is 14.1. The fraction of sp³-hybridized carbons (Fsp3) is 0.333. The van der Waals surface area contributed by atoms with Gasteiger partial charge < -0.3 is 0 Å². The van der Waals surface area contributed by atoms with E-state index in [9.17, 15) is 0 Å². The van der Waals surface area contributed by atoms with Gasteiger partial charge in [-0.05, 0) is 11.8 Å². The van der Waals surface area contributed by atoms with Crippen LogP contribution >= 0.6 is 41.3 Å². The molecular weight excluding hydrogens is 276 g/mol. The van der Waals surface area contributed by atoms with Crippen LogP contribution in [0.5, 0.6) is 0 Å². The Morgan fingerprint density at radius 2 is 1.81 bits per heavy atom. The molecule has 0 aromatic heterocycles. The average Bonchev–Trinajstić information content (AvgIpc) is 2.63. The van der Waals surface area contributed by atoms with Gasteiger partial charge in [-0.15, -0.1) is 31.3 Å². The fourth-order valence-electron chi connectivity index (χ4n) is 1.37. The van der Waals surface area contributed by atoms with E-state index in [-0.39, 0.29) is 4.21 Å². The predicted octanol–water partition coefficient (Wildman–Crippen LogP) is 5.50. The number of allylic oxidation sites excluding steroid dienone is 1. The first kappa shape index (κ1) is 14.4. The van der Waals surface area contributed by atoms with E-state index in [2.05, 4.69) is 31.2 Å². The molecule has 4 heteroatoms. The van der Waals surface area contributed by atoms with Gasteiger partial charge in [0.2, 0.25) is 0 Å². The first-order valence-electron chi connectivity index (χ1n) is 4.96. The molecule has 0 aromatic rings. The molecule has 1 aliphatic rings. The summed E-state index contributed by atoms with van der Waals surface area (Å²) in [4.78, 5) is 0. The summed E-state index contributed by atoms with van der Waals surface area (Å²) in [5, 5.41) is 2.28. The van der Waals surface area contributed by atoms with Crippen LogP contribution in [0.2, 0.25) is 0 Å². The van der Waals surface area contributed by atoms with Gasteiger partial charge in [0.1, 0.15) is 4.21 Å². The number of hydrogen-bond acceptors (Lipinski definition) is 2. The monoisotopic (exact) mass is 292 g/mol. The van der Waals surface area contributed by atoms with Gasteiger partial charge in [0, 0.05) is 11.5 Å². The normalized spacial score (nSPS) is 28.6. The molecule has 1 heterocycles. The van der Waals surface area contributed by atoms with Gasteiger partial charge in [-0.3, -0.25) is 0 Å². The van der Waals surface area contributed by atoms with Crippen LogP contribution in [0.4, 0.5) is 0 Å². The van der Waals surface area contributed by atoms with Crippen molar-refractivity contribution in [3.63, 3.8) is 0 Å². The van der Waals surface area contributed by atoms with Gasteiger partial charge in [0.25, 0.3) is 0 Å². The van der Waals surface area contributed by atoms with E-state index in [1.54, 1.807) is 0 Å². The molecule has 0 N–H and O–H groups in total. The van der Waals surface area contributed by atoms with Crippen LogP contribution in [0.15, 0.2) is 49.4 Å². The Balaban J connectivity index is 2.91. The third kappa shape index (κ3) is 2.76. The highest BCUT2D eigenvalue weighted by Gasteiger charge is 2.45. The Bertz CT molecular complexity index is 299. The van der Waals surface area contributed by atoms with Crippen LogP contribution in [-0.4, -0.2) is 15.7 Å². The van der Waals surface area contributed by atoms with Crippen molar-refractivity contribution < 1.29 is 0 Å². The van der Waals surface area contributed by atoms with E-state index < -0.39 is 8.09 Å². The fourth-order valence-corrected chi connectivity index (χ4v) is 11.3. The molecule has 1 unspecified atom stereocenters. The largest absolute Gasteiger partial charge is 0.116 e. The van der Waals surface area contributed by atoms with Crippen molar-refractivity contribution in [2.24, 2.45) is 0 Å². The molecule has 1 atom stereocenters. The molecule has 16 heavy (non-hydrogen) atoms. The summed E-state index contributed by atoms with van der Waals surface area (Å²) in [6.45, 7) is 11.4. The molecule has 0 aliphatic carbocycles. The van der Waals surface area contributed by atoms with Crippen molar-refractivity contribution >= 4 is 41.3 Å². The van der Waals surface area contributed by atoms with Gasteiger partial charge in [-0.25, -0.2) is 0 Å². The minimum Gasteiger partial charge on any atom is -0.102 e. The molecule has 0 aromatic carbocycles. The zero-order chi connectivity index (χ0) is 12.1. The highest BCUT2D eigenvalue weighted by Crippen LogP contribution is 2.82. The Kier molecular flexibility index (Phi) is 5.65. The molecule has 90 valence electrons. The van der Waals surface area contributed by atoms with E-state index in [1.165, 1.54) is 0 Å². The summed E-state index contributed by atoms with van der Waals surface area (Å²) in [5.41, 5.74) is 0. The summed E-state index contributed by atoms with van der Waals surface area (Å²) in [7, 11) is 2.67. The summed E-state index contributed by atoms with van der Waals surface area (Å²) in [6.07, 6.45) is 8.81. The second-order valence-electron chi connectivity index (χ2n) is 3.26. The van der Waals surface area contributed by atoms with Crippen LogP contribution in [0, 0.1) is 0 Å². The molecule has 0 nitrogen and oxygen atoms in total. The van der Waals surface area contributed by atoms with Gasteiger partial charge in [-0.2, -0.15) is 0 Å². The molecule has 1 aliphatic heterocycles. The van der Waals surface area contributed by atoms with Crippen molar-refractivity contribution in [2.75, 3.05) is 11.5 Å². The zero-order valence-corrected chi connectivity index (χ0v) is 12.4. The molecule has 0 bridgehead atoms. The van der Waals surface area contributed by atoms with Gasteiger partial charge in [-0.1, -0.05) is 54.0 Å². The number of alkyl halides is 1. The summed E-state index contributed by atoms with van der Waals surface area (Å²) < 4.78 is -0.311. The Morgan fingerprint density at radius 3 is 2.25 bits per heavy atom. The minimum atomic E-state index is -1.12. The van der Waals surface area contributed by atoms with Crippen molar-refractivity contribution in [3.8, 4) is 0 Å². The van der Waals surface area contributed by atoms with Crippen LogP contribution in [-0.2, 0) is 0 Å². The lowest BCUT2D eigenvalue weighted by molar-refractivity contribution is 1.01. The Labute approximate surface area is 112 Å². The average molecular weight is 293 g/mol. The maximum Gasteiger partial charge on any atom is 0.116 e. The molecular formula is C12H17ClS3.